The van der Waals surface area contributed by atoms with Gasteiger partial charge in [-0.05, 0) is 6.08 Å². The Hall–Kier alpha value is -1.51. The molecule has 0 aliphatic rings. The summed E-state index contributed by atoms with van der Waals surface area (Å²) >= 11 is 7.28. The monoisotopic (exact) mass is 321 g/mol. The van der Waals surface area contributed by atoms with Gasteiger partial charge in [-0.2, -0.15) is 0 Å². The van der Waals surface area contributed by atoms with Gasteiger partial charge >= 0.3 is 0 Å². The van der Waals surface area contributed by atoms with Gasteiger partial charge in [0.05, 0.1) is 12.2 Å². The van der Waals surface area contributed by atoms with E-state index in [1.807, 2.05) is 5.32 Å². The van der Waals surface area contributed by atoms with Crippen molar-refractivity contribution >= 4 is 39.9 Å². The molecule has 0 fully saturated rings. The maximum atomic E-state index is 12.7. The average Bonchev–Trinajstić information content (AvgIpc) is 2.95. The van der Waals surface area contributed by atoms with Crippen molar-refractivity contribution in [2.75, 3.05) is 13.2 Å². The summed E-state index contributed by atoms with van der Waals surface area (Å²) in [7, 11) is 0. The highest BCUT2D eigenvalue weighted by Crippen LogP contribution is 2.22. The van der Waals surface area contributed by atoms with Crippen molar-refractivity contribution in [1.82, 2.24) is 14.7 Å². The molecule has 0 aromatic carbocycles. The molecule has 0 bridgehead atoms. The number of imidazole rings is 1. The van der Waals surface area contributed by atoms with Gasteiger partial charge in [-0.3, -0.25) is 9.20 Å². The number of alkyl halides is 2. The van der Waals surface area contributed by atoms with E-state index >= 15 is 0 Å². The molecular weight excluding hydrogens is 312 g/mol. The maximum Gasteiger partial charge on any atom is 0.287 e. The quantitative estimate of drug-likeness (QED) is 0.825. The molecule has 0 aliphatic heterocycles. The highest BCUT2D eigenvalue weighted by atomic mass is 35.5. The zero-order valence-electron chi connectivity index (χ0n) is 10.0. The van der Waals surface area contributed by atoms with Crippen molar-refractivity contribution in [3.8, 4) is 0 Å². The van der Waals surface area contributed by atoms with Gasteiger partial charge in [-0.15, -0.1) is 11.3 Å². The number of fused-ring (bicyclic) bond motifs is 1. The normalized spacial score (nSPS) is 12.4. The van der Waals surface area contributed by atoms with Crippen LogP contribution in [0, 0.1) is 0 Å². The summed E-state index contributed by atoms with van der Waals surface area (Å²) in [5, 5.41) is 12.4. The Bertz CT molecular complexity index is 653. The topological polar surface area (TPSA) is 66.6 Å². The van der Waals surface area contributed by atoms with Crippen LogP contribution >= 0.6 is 22.9 Å². The third-order valence-electron chi connectivity index (χ3n) is 2.40. The summed E-state index contributed by atoms with van der Waals surface area (Å²) in [5.41, 5.74) is 0.493. The van der Waals surface area contributed by atoms with Crippen molar-refractivity contribution in [2.45, 2.75) is 5.92 Å². The number of nitrogens with zero attached hydrogens (tertiary/aromatic N) is 2. The van der Waals surface area contributed by atoms with Gasteiger partial charge in [0, 0.05) is 17.7 Å². The van der Waals surface area contributed by atoms with Crippen molar-refractivity contribution in [2.24, 2.45) is 0 Å². The summed E-state index contributed by atoms with van der Waals surface area (Å²) in [6, 6.07) is 0. The average molecular weight is 322 g/mol. The number of aromatic nitrogens is 2. The molecule has 9 heteroatoms. The smallest absolute Gasteiger partial charge is 0.287 e. The van der Waals surface area contributed by atoms with E-state index in [0.717, 1.165) is 6.08 Å². The van der Waals surface area contributed by atoms with Crippen LogP contribution in [0.2, 0.25) is 5.15 Å². The lowest BCUT2D eigenvalue weighted by atomic mass is 10.3. The molecule has 108 valence electrons. The summed E-state index contributed by atoms with van der Waals surface area (Å²) in [6.45, 7) is -2.25. The molecule has 2 N–H and O–H groups in total. The highest BCUT2D eigenvalue weighted by molar-refractivity contribution is 7.15. The van der Waals surface area contributed by atoms with Crippen LogP contribution in [0.1, 0.15) is 5.69 Å². The van der Waals surface area contributed by atoms with E-state index in [1.54, 1.807) is 16.0 Å². The SMILES string of the molecule is O=C(/C=C/c1c(Cl)nc2sccn12)NCC(F)(F)CO. The number of amides is 1. The van der Waals surface area contributed by atoms with E-state index in [1.165, 1.54) is 17.4 Å². The molecule has 0 saturated carbocycles. The fourth-order valence-electron chi connectivity index (χ4n) is 1.41. The summed E-state index contributed by atoms with van der Waals surface area (Å²) in [6.07, 6.45) is 4.21. The molecule has 1 amide bonds. The highest BCUT2D eigenvalue weighted by Gasteiger charge is 2.27. The fraction of sp³-hybridized carbons (Fsp3) is 0.273. The van der Waals surface area contributed by atoms with Crippen molar-refractivity contribution in [3.05, 3.63) is 28.5 Å². The molecule has 0 atom stereocenters. The van der Waals surface area contributed by atoms with Crippen molar-refractivity contribution in [1.29, 1.82) is 0 Å². The van der Waals surface area contributed by atoms with Gasteiger partial charge in [-0.25, -0.2) is 13.8 Å². The van der Waals surface area contributed by atoms with Crippen LogP contribution in [0.5, 0.6) is 0 Å². The van der Waals surface area contributed by atoms with Gasteiger partial charge in [0.1, 0.15) is 6.61 Å². The molecule has 20 heavy (non-hydrogen) atoms. The van der Waals surface area contributed by atoms with E-state index in [9.17, 15) is 13.6 Å². The molecule has 0 unspecified atom stereocenters. The number of carbonyl (C=O) groups excluding carboxylic acids is 1. The Morgan fingerprint density at radius 1 is 1.65 bits per heavy atom. The molecule has 0 saturated heterocycles. The van der Waals surface area contributed by atoms with Gasteiger partial charge in [0.25, 0.3) is 5.92 Å². The Morgan fingerprint density at radius 3 is 3.10 bits per heavy atom. The third kappa shape index (κ3) is 3.33. The van der Waals surface area contributed by atoms with Crippen LogP contribution in [0.15, 0.2) is 17.7 Å². The third-order valence-corrected chi connectivity index (χ3v) is 3.43. The lowest BCUT2D eigenvalue weighted by molar-refractivity contribution is -0.119. The number of rotatable bonds is 5. The number of aliphatic hydroxyl groups is 1. The number of hydrogen-bond donors (Lipinski definition) is 2. The summed E-state index contributed by atoms with van der Waals surface area (Å²) in [4.78, 5) is 16.1. The molecule has 0 aliphatic carbocycles. The number of aliphatic hydroxyl groups excluding tert-OH is 1. The Kier molecular flexibility index (Phi) is 4.36. The lowest BCUT2D eigenvalue weighted by Gasteiger charge is -2.12. The molecule has 2 aromatic rings. The van der Waals surface area contributed by atoms with E-state index in [4.69, 9.17) is 16.7 Å². The van der Waals surface area contributed by atoms with Crippen LogP contribution in [-0.2, 0) is 4.79 Å². The Labute approximate surface area is 121 Å². The minimum Gasteiger partial charge on any atom is -0.390 e. The van der Waals surface area contributed by atoms with Gasteiger partial charge in [-0.1, -0.05) is 11.6 Å². The Balaban J connectivity index is 2.04. The molecule has 2 rings (SSSR count). The van der Waals surface area contributed by atoms with Crippen molar-refractivity contribution in [3.63, 3.8) is 0 Å². The second-order valence-electron chi connectivity index (χ2n) is 3.91. The van der Waals surface area contributed by atoms with Crippen LogP contribution < -0.4 is 5.32 Å². The molecule has 5 nitrogen and oxygen atoms in total. The minimum atomic E-state index is -3.33. The number of carbonyl (C=O) groups is 1. The van der Waals surface area contributed by atoms with E-state index in [2.05, 4.69) is 4.98 Å². The lowest BCUT2D eigenvalue weighted by Crippen LogP contribution is -2.38. The van der Waals surface area contributed by atoms with Crippen LogP contribution in [0.25, 0.3) is 11.0 Å². The van der Waals surface area contributed by atoms with Crippen molar-refractivity contribution < 1.29 is 18.7 Å². The molecule has 0 spiro atoms. The second kappa shape index (κ2) is 5.86. The number of nitrogens with one attached hydrogen (secondary N) is 1. The van der Waals surface area contributed by atoms with Gasteiger partial charge in [0.2, 0.25) is 5.91 Å². The standard InChI is InChI=1S/C11H10ClF2N3O2S/c12-9-7(17-3-4-20-10(17)16-9)1-2-8(19)15-5-11(13,14)6-18/h1-4,18H,5-6H2,(H,15,19)/b2-1+. The first-order valence-electron chi connectivity index (χ1n) is 5.48. The number of thiazole rings is 1. The largest absolute Gasteiger partial charge is 0.390 e. The minimum absolute atomic E-state index is 0.224. The van der Waals surface area contributed by atoms with Crippen LogP contribution in [-0.4, -0.2) is 39.5 Å². The molecule has 2 heterocycles. The summed E-state index contributed by atoms with van der Waals surface area (Å²) < 4.78 is 27.1. The predicted molar refractivity (Wildman–Crippen MR) is 72.2 cm³/mol. The van der Waals surface area contributed by atoms with E-state index < -0.39 is 25.0 Å². The first-order valence-corrected chi connectivity index (χ1v) is 6.74. The second-order valence-corrected chi connectivity index (χ2v) is 5.14. The zero-order chi connectivity index (χ0) is 14.8. The Morgan fingerprint density at radius 2 is 2.40 bits per heavy atom. The first kappa shape index (κ1) is 14.9. The van der Waals surface area contributed by atoms with E-state index in [-0.39, 0.29) is 5.15 Å². The number of hydrogen-bond acceptors (Lipinski definition) is 4. The van der Waals surface area contributed by atoms with Gasteiger partial charge < -0.3 is 10.4 Å². The van der Waals surface area contributed by atoms with E-state index in [0.29, 0.717) is 10.7 Å². The molecular formula is C11H10ClF2N3O2S. The molecule has 0 radical (unpaired) electrons. The number of halogens is 3. The summed E-state index contributed by atoms with van der Waals surface area (Å²) in [5.74, 6) is -4.04. The molecule has 2 aromatic heterocycles. The van der Waals surface area contributed by atoms with Crippen LogP contribution in [0.4, 0.5) is 8.78 Å². The maximum absolute atomic E-state index is 12.7. The zero-order valence-corrected chi connectivity index (χ0v) is 11.6. The predicted octanol–water partition coefficient (Wildman–Crippen LogP) is 1.81. The van der Waals surface area contributed by atoms with Crippen LogP contribution in [0.3, 0.4) is 0 Å². The first-order chi connectivity index (χ1) is 9.43. The van der Waals surface area contributed by atoms with Gasteiger partial charge in [0.15, 0.2) is 10.1 Å². The fourth-order valence-corrected chi connectivity index (χ4v) is 2.42.